The highest BCUT2D eigenvalue weighted by atomic mass is 32.1. The van der Waals surface area contributed by atoms with Crippen molar-refractivity contribution < 1.29 is 14.2 Å². The van der Waals surface area contributed by atoms with Crippen LogP contribution >= 0.6 is 11.3 Å². The van der Waals surface area contributed by atoms with E-state index in [2.05, 4.69) is 32.7 Å². The number of hydrogen-bond acceptors (Lipinski definition) is 8. The molecule has 2 saturated heterocycles. The minimum Gasteiger partial charge on any atom is -0.492 e. The summed E-state index contributed by atoms with van der Waals surface area (Å²) in [5.41, 5.74) is 0.967. The standard InChI is InChI=1S/C25H32N4O3S/c1-20(29-15-17-30-18-16-29)28-12-10-27(11-13-28)14-19-31-21-6-8-22(9-7-21)32-25-26-23-4-2-3-5-24(23)33-25/h2-9,20H,10-19H2,1H3. The first-order valence-corrected chi connectivity index (χ1v) is 12.6. The molecule has 2 aliphatic heterocycles. The molecule has 176 valence electrons. The fraction of sp³-hybridized carbons (Fsp3) is 0.480. The second kappa shape index (κ2) is 10.8. The molecule has 3 aromatic rings. The molecule has 1 aromatic heterocycles. The summed E-state index contributed by atoms with van der Waals surface area (Å²) in [5.74, 6) is 1.64. The van der Waals surface area contributed by atoms with Crippen molar-refractivity contribution in [3.63, 3.8) is 0 Å². The van der Waals surface area contributed by atoms with Gasteiger partial charge in [0, 0.05) is 45.8 Å². The van der Waals surface area contributed by atoms with Crippen LogP contribution in [0.3, 0.4) is 0 Å². The molecule has 7 nitrogen and oxygen atoms in total. The number of rotatable bonds is 8. The van der Waals surface area contributed by atoms with Gasteiger partial charge in [0.05, 0.1) is 29.6 Å². The maximum atomic E-state index is 5.99. The number of fused-ring (bicyclic) bond motifs is 1. The third kappa shape index (κ3) is 5.83. The Morgan fingerprint density at radius 1 is 0.909 bits per heavy atom. The molecule has 3 heterocycles. The molecule has 0 bridgehead atoms. The molecule has 2 aliphatic rings. The van der Waals surface area contributed by atoms with Crippen LogP contribution in [0.15, 0.2) is 48.5 Å². The average Bonchev–Trinajstić information content (AvgIpc) is 3.28. The van der Waals surface area contributed by atoms with Gasteiger partial charge >= 0.3 is 0 Å². The number of benzene rings is 2. The second-order valence-electron chi connectivity index (χ2n) is 8.53. The van der Waals surface area contributed by atoms with Gasteiger partial charge in [-0.3, -0.25) is 14.7 Å². The zero-order valence-corrected chi connectivity index (χ0v) is 20.0. The van der Waals surface area contributed by atoms with Crippen LogP contribution in [0.1, 0.15) is 6.92 Å². The molecule has 2 fully saturated rings. The lowest BCUT2D eigenvalue weighted by Crippen LogP contribution is -2.57. The van der Waals surface area contributed by atoms with Crippen LogP contribution in [0.25, 0.3) is 10.2 Å². The Hall–Kier alpha value is -2.23. The van der Waals surface area contributed by atoms with Crippen molar-refractivity contribution in [3.8, 4) is 16.7 Å². The lowest BCUT2D eigenvalue weighted by atomic mass is 10.2. The van der Waals surface area contributed by atoms with Gasteiger partial charge in [0.25, 0.3) is 5.19 Å². The molecule has 5 rings (SSSR count). The zero-order chi connectivity index (χ0) is 22.5. The first-order valence-electron chi connectivity index (χ1n) is 11.8. The lowest BCUT2D eigenvalue weighted by molar-refractivity contribution is -0.0399. The third-order valence-electron chi connectivity index (χ3n) is 6.49. The quantitative estimate of drug-likeness (QED) is 0.499. The average molecular weight is 469 g/mol. The molecule has 0 aliphatic carbocycles. The fourth-order valence-electron chi connectivity index (χ4n) is 4.43. The maximum absolute atomic E-state index is 5.99. The van der Waals surface area contributed by atoms with Crippen LogP contribution in [0.2, 0.25) is 0 Å². The van der Waals surface area contributed by atoms with Crippen molar-refractivity contribution in [1.29, 1.82) is 0 Å². The highest BCUT2D eigenvalue weighted by molar-refractivity contribution is 7.20. The molecule has 2 aromatic carbocycles. The topological polar surface area (TPSA) is 50.3 Å². The number of para-hydroxylation sites is 1. The number of nitrogens with zero attached hydrogens (tertiary/aromatic N) is 4. The summed E-state index contributed by atoms with van der Waals surface area (Å²) in [4.78, 5) is 12.1. The van der Waals surface area contributed by atoms with Gasteiger partial charge in [-0.15, -0.1) is 0 Å². The first-order chi connectivity index (χ1) is 16.2. The van der Waals surface area contributed by atoms with Crippen molar-refractivity contribution in [3.05, 3.63) is 48.5 Å². The Kier molecular flexibility index (Phi) is 7.38. The fourth-order valence-corrected chi connectivity index (χ4v) is 5.27. The van der Waals surface area contributed by atoms with Crippen LogP contribution in [0.4, 0.5) is 0 Å². The number of ether oxygens (including phenoxy) is 3. The highest BCUT2D eigenvalue weighted by Gasteiger charge is 2.26. The minimum absolute atomic E-state index is 0.496. The van der Waals surface area contributed by atoms with Gasteiger partial charge in [0.2, 0.25) is 0 Å². The SMILES string of the molecule is CC(N1CCOCC1)N1CCN(CCOc2ccc(Oc3nc4ccccc4s3)cc2)CC1. The number of thiazole rings is 1. The van der Waals surface area contributed by atoms with E-state index >= 15 is 0 Å². The number of aromatic nitrogens is 1. The van der Waals surface area contributed by atoms with E-state index in [1.165, 1.54) is 0 Å². The van der Waals surface area contributed by atoms with E-state index in [1.807, 2.05) is 42.5 Å². The molecule has 0 radical (unpaired) electrons. The van der Waals surface area contributed by atoms with E-state index in [4.69, 9.17) is 14.2 Å². The number of morpholine rings is 1. The molecule has 0 spiro atoms. The molecule has 0 saturated carbocycles. The summed E-state index contributed by atoms with van der Waals surface area (Å²) in [7, 11) is 0. The van der Waals surface area contributed by atoms with E-state index in [0.717, 1.165) is 80.7 Å². The van der Waals surface area contributed by atoms with Gasteiger partial charge in [0.1, 0.15) is 18.1 Å². The Bertz CT molecular complexity index is 981. The van der Waals surface area contributed by atoms with E-state index in [0.29, 0.717) is 18.0 Å². The predicted molar refractivity (Wildman–Crippen MR) is 131 cm³/mol. The van der Waals surface area contributed by atoms with Crippen LogP contribution in [0, 0.1) is 0 Å². The molecular weight excluding hydrogens is 436 g/mol. The normalized spacial score (nSPS) is 19.5. The molecule has 1 unspecified atom stereocenters. The Labute approximate surface area is 199 Å². The smallest absolute Gasteiger partial charge is 0.279 e. The molecule has 8 heteroatoms. The van der Waals surface area contributed by atoms with Crippen molar-refractivity contribution >= 4 is 21.6 Å². The monoisotopic (exact) mass is 468 g/mol. The van der Waals surface area contributed by atoms with E-state index in [-0.39, 0.29) is 0 Å². The second-order valence-corrected chi connectivity index (χ2v) is 9.52. The van der Waals surface area contributed by atoms with Gasteiger partial charge in [-0.05, 0) is 43.3 Å². The summed E-state index contributed by atoms with van der Waals surface area (Å²) in [5, 5.41) is 0.659. The highest BCUT2D eigenvalue weighted by Crippen LogP contribution is 2.31. The number of piperazine rings is 1. The van der Waals surface area contributed by atoms with Gasteiger partial charge in [-0.25, -0.2) is 4.98 Å². The predicted octanol–water partition coefficient (Wildman–Crippen LogP) is 3.76. The van der Waals surface area contributed by atoms with Crippen molar-refractivity contribution in [1.82, 2.24) is 19.7 Å². The summed E-state index contributed by atoms with van der Waals surface area (Å²) >= 11 is 1.55. The van der Waals surface area contributed by atoms with Gasteiger partial charge in [-0.1, -0.05) is 23.5 Å². The largest absolute Gasteiger partial charge is 0.492 e. The van der Waals surface area contributed by atoms with E-state index < -0.39 is 0 Å². The molecule has 1 atom stereocenters. The van der Waals surface area contributed by atoms with E-state index in [9.17, 15) is 0 Å². The van der Waals surface area contributed by atoms with Crippen LogP contribution in [-0.2, 0) is 4.74 Å². The number of hydrogen-bond donors (Lipinski definition) is 0. The summed E-state index contributed by atoms with van der Waals surface area (Å²) in [6.07, 6.45) is 0.496. The maximum Gasteiger partial charge on any atom is 0.279 e. The summed E-state index contributed by atoms with van der Waals surface area (Å²) in [6.45, 7) is 12.2. The van der Waals surface area contributed by atoms with Crippen molar-refractivity contribution in [2.75, 3.05) is 65.6 Å². The molecule has 0 N–H and O–H groups in total. The van der Waals surface area contributed by atoms with Gasteiger partial charge in [-0.2, -0.15) is 0 Å². The van der Waals surface area contributed by atoms with Crippen molar-refractivity contribution in [2.24, 2.45) is 0 Å². The minimum atomic E-state index is 0.496. The first kappa shape index (κ1) is 22.6. The molecule has 33 heavy (non-hydrogen) atoms. The summed E-state index contributed by atoms with van der Waals surface area (Å²) < 4.78 is 18.5. The Morgan fingerprint density at radius 3 is 2.36 bits per heavy atom. The van der Waals surface area contributed by atoms with Gasteiger partial charge < -0.3 is 14.2 Å². The van der Waals surface area contributed by atoms with E-state index in [1.54, 1.807) is 11.3 Å². The van der Waals surface area contributed by atoms with Crippen LogP contribution < -0.4 is 9.47 Å². The lowest BCUT2D eigenvalue weighted by Gasteiger charge is -2.43. The Balaban J connectivity index is 1.03. The summed E-state index contributed by atoms with van der Waals surface area (Å²) in [6, 6.07) is 15.9. The van der Waals surface area contributed by atoms with Crippen LogP contribution in [0.5, 0.6) is 16.7 Å². The van der Waals surface area contributed by atoms with Gasteiger partial charge in [0.15, 0.2) is 0 Å². The Morgan fingerprint density at radius 2 is 1.61 bits per heavy atom. The van der Waals surface area contributed by atoms with Crippen LogP contribution in [-0.4, -0.2) is 91.5 Å². The third-order valence-corrected chi connectivity index (χ3v) is 7.40. The van der Waals surface area contributed by atoms with Crippen molar-refractivity contribution in [2.45, 2.75) is 13.1 Å². The molecular formula is C25H32N4O3S. The zero-order valence-electron chi connectivity index (χ0n) is 19.2. The molecule has 0 amide bonds.